The number of carbonyl (C=O) groups is 2. The number of para-hydroxylation sites is 1. The van der Waals surface area contributed by atoms with Crippen molar-refractivity contribution >= 4 is 11.8 Å². The standard InChI is InChI=1S/C31H29FN6O3/c32-23-10-8-20(9-11-23)14-28(30(34)39)37-31(40)26-3-1-2-25-27(12-13-41-29(25)26)36-17-24-16-35-19-38(24)18-22-6-4-21(15-33)5-7-22/h1-11,16,19,27-28,36H,12-14,17-18H2,(H2,34,39)(H,37,40)/t27?,28-/m0/s1. The second-order valence-electron chi connectivity index (χ2n) is 9.88. The van der Waals surface area contributed by atoms with Crippen molar-refractivity contribution in [3.63, 3.8) is 0 Å². The number of nitriles is 1. The molecule has 10 heteroatoms. The molecule has 1 aliphatic rings. The summed E-state index contributed by atoms with van der Waals surface area (Å²) in [6.07, 6.45) is 4.43. The van der Waals surface area contributed by atoms with Crippen LogP contribution in [0.3, 0.4) is 0 Å². The van der Waals surface area contributed by atoms with Crippen LogP contribution in [0.25, 0.3) is 0 Å². The van der Waals surface area contributed by atoms with Gasteiger partial charge in [0.15, 0.2) is 0 Å². The summed E-state index contributed by atoms with van der Waals surface area (Å²) in [5, 5.41) is 15.3. The maximum absolute atomic E-state index is 13.3. The summed E-state index contributed by atoms with van der Waals surface area (Å²) in [5.41, 5.74) is 10.1. The van der Waals surface area contributed by atoms with E-state index in [2.05, 4.69) is 21.7 Å². The van der Waals surface area contributed by atoms with E-state index in [0.717, 1.165) is 16.8 Å². The Balaban J connectivity index is 1.27. The molecule has 0 bridgehead atoms. The fourth-order valence-corrected chi connectivity index (χ4v) is 4.88. The number of hydrogen-bond donors (Lipinski definition) is 3. The van der Waals surface area contributed by atoms with Gasteiger partial charge in [0.1, 0.15) is 17.6 Å². The fourth-order valence-electron chi connectivity index (χ4n) is 4.88. The zero-order valence-electron chi connectivity index (χ0n) is 22.2. The number of ether oxygens (including phenoxy) is 1. The Morgan fingerprint density at radius 2 is 1.88 bits per heavy atom. The summed E-state index contributed by atoms with van der Waals surface area (Å²) in [5.74, 6) is -1.09. The molecule has 2 amide bonds. The first-order valence-electron chi connectivity index (χ1n) is 13.2. The maximum Gasteiger partial charge on any atom is 0.255 e. The highest BCUT2D eigenvalue weighted by Crippen LogP contribution is 2.35. The van der Waals surface area contributed by atoms with Gasteiger partial charge in [0.2, 0.25) is 5.91 Å². The summed E-state index contributed by atoms with van der Waals surface area (Å²) in [7, 11) is 0. The normalized spacial score (nSPS) is 14.8. The van der Waals surface area contributed by atoms with Crippen LogP contribution in [-0.4, -0.2) is 34.0 Å². The number of aromatic nitrogens is 2. The van der Waals surface area contributed by atoms with E-state index in [-0.39, 0.29) is 18.3 Å². The van der Waals surface area contributed by atoms with Crippen LogP contribution in [0.4, 0.5) is 4.39 Å². The lowest BCUT2D eigenvalue weighted by atomic mass is 9.96. The molecule has 0 fully saturated rings. The second kappa shape index (κ2) is 12.4. The van der Waals surface area contributed by atoms with Gasteiger partial charge in [0.25, 0.3) is 5.91 Å². The molecule has 208 valence electrons. The predicted molar refractivity (Wildman–Crippen MR) is 149 cm³/mol. The number of imidazole rings is 1. The van der Waals surface area contributed by atoms with Crippen molar-refractivity contribution in [1.29, 1.82) is 5.26 Å². The molecular formula is C31H29FN6O3. The second-order valence-corrected chi connectivity index (χ2v) is 9.88. The van der Waals surface area contributed by atoms with Gasteiger partial charge in [0, 0.05) is 43.7 Å². The Morgan fingerprint density at radius 3 is 2.61 bits per heavy atom. The quantitative estimate of drug-likeness (QED) is 0.276. The van der Waals surface area contributed by atoms with Crippen molar-refractivity contribution < 1.29 is 18.7 Å². The molecule has 4 N–H and O–H groups in total. The molecule has 1 aliphatic heterocycles. The van der Waals surface area contributed by atoms with Gasteiger partial charge in [-0.05, 0) is 41.5 Å². The molecule has 0 aliphatic carbocycles. The van der Waals surface area contributed by atoms with E-state index in [4.69, 9.17) is 15.7 Å². The van der Waals surface area contributed by atoms with Crippen molar-refractivity contribution in [3.05, 3.63) is 119 Å². The first kappa shape index (κ1) is 27.6. The Kier molecular flexibility index (Phi) is 8.36. The zero-order valence-corrected chi connectivity index (χ0v) is 22.2. The lowest BCUT2D eigenvalue weighted by Crippen LogP contribution is -2.46. The molecular weight excluding hydrogens is 523 g/mol. The van der Waals surface area contributed by atoms with E-state index in [0.29, 0.717) is 48.6 Å². The number of fused-ring (bicyclic) bond motifs is 1. The van der Waals surface area contributed by atoms with Crippen molar-refractivity contribution in [2.75, 3.05) is 6.61 Å². The molecule has 0 saturated carbocycles. The molecule has 4 aromatic rings. The van der Waals surface area contributed by atoms with Crippen LogP contribution < -0.4 is 21.1 Å². The third-order valence-corrected chi connectivity index (χ3v) is 7.08. The van der Waals surface area contributed by atoms with Crippen LogP contribution in [0.5, 0.6) is 5.75 Å². The Morgan fingerprint density at radius 1 is 1.12 bits per heavy atom. The van der Waals surface area contributed by atoms with Crippen LogP contribution in [-0.2, 0) is 24.3 Å². The summed E-state index contributed by atoms with van der Waals surface area (Å²) < 4.78 is 21.3. The van der Waals surface area contributed by atoms with Gasteiger partial charge < -0.3 is 25.7 Å². The molecule has 1 unspecified atom stereocenters. The summed E-state index contributed by atoms with van der Waals surface area (Å²) >= 11 is 0. The minimum Gasteiger partial charge on any atom is -0.492 e. The third-order valence-electron chi connectivity index (χ3n) is 7.08. The van der Waals surface area contributed by atoms with Crippen LogP contribution >= 0.6 is 0 Å². The van der Waals surface area contributed by atoms with Gasteiger partial charge in [-0.3, -0.25) is 9.59 Å². The molecule has 0 spiro atoms. The Bertz CT molecular complexity index is 1580. The van der Waals surface area contributed by atoms with E-state index in [1.165, 1.54) is 12.1 Å². The largest absolute Gasteiger partial charge is 0.492 e. The summed E-state index contributed by atoms with van der Waals surface area (Å²) in [6, 6.07) is 19.6. The summed E-state index contributed by atoms with van der Waals surface area (Å²) in [4.78, 5) is 29.7. The van der Waals surface area contributed by atoms with E-state index in [1.54, 1.807) is 42.7 Å². The number of rotatable bonds is 10. The number of benzene rings is 3. The van der Waals surface area contributed by atoms with Gasteiger partial charge in [-0.15, -0.1) is 0 Å². The predicted octanol–water partition coefficient (Wildman–Crippen LogP) is 3.38. The number of primary amides is 1. The minimum absolute atomic E-state index is 0.0732. The van der Waals surface area contributed by atoms with Gasteiger partial charge in [-0.2, -0.15) is 5.26 Å². The lowest BCUT2D eigenvalue weighted by Gasteiger charge is -2.28. The third kappa shape index (κ3) is 6.59. The number of amides is 2. The van der Waals surface area contributed by atoms with E-state index in [1.807, 2.05) is 29.0 Å². The Hall–Kier alpha value is -5.01. The average Bonchev–Trinajstić information content (AvgIpc) is 3.43. The highest BCUT2D eigenvalue weighted by molar-refractivity contribution is 6.00. The number of nitrogens with zero attached hydrogens (tertiary/aromatic N) is 3. The van der Waals surface area contributed by atoms with E-state index < -0.39 is 17.9 Å². The van der Waals surface area contributed by atoms with Crippen LogP contribution in [0, 0.1) is 17.1 Å². The maximum atomic E-state index is 13.3. The molecule has 2 heterocycles. The van der Waals surface area contributed by atoms with Crippen molar-refractivity contribution in [1.82, 2.24) is 20.2 Å². The van der Waals surface area contributed by atoms with Crippen molar-refractivity contribution in [2.45, 2.75) is 38.0 Å². The van der Waals surface area contributed by atoms with Gasteiger partial charge in [-0.25, -0.2) is 9.37 Å². The minimum atomic E-state index is -0.974. The lowest BCUT2D eigenvalue weighted by molar-refractivity contribution is -0.119. The zero-order chi connectivity index (χ0) is 28.8. The van der Waals surface area contributed by atoms with Crippen LogP contribution in [0.2, 0.25) is 0 Å². The smallest absolute Gasteiger partial charge is 0.255 e. The molecule has 5 rings (SSSR count). The molecule has 2 atom stereocenters. The number of carbonyl (C=O) groups excluding carboxylic acids is 2. The molecule has 0 saturated heterocycles. The monoisotopic (exact) mass is 552 g/mol. The number of nitrogens with two attached hydrogens (primary N) is 1. The van der Waals surface area contributed by atoms with Gasteiger partial charge in [0.05, 0.1) is 35.8 Å². The average molecular weight is 553 g/mol. The Labute approximate surface area is 236 Å². The first-order valence-corrected chi connectivity index (χ1v) is 13.2. The SMILES string of the molecule is N#Cc1ccc(Cn2cncc2CNC2CCOc3c(C(=O)N[C@@H](Cc4ccc(F)cc4)C(N)=O)cccc32)cc1. The fraction of sp³-hybridized carbons (Fsp3) is 0.226. The highest BCUT2D eigenvalue weighted by Gasteiger charge is 2.28. The first-order chi connectivity index (χ1) is 19.9. The van der Waals surface area contributed by atoms with Crippen molar-refractivity contribution in [3.8, 4) is 11.8 Å². The molecule has 0 radical (unpaired) electrons. The molecule has 9 nitrogen and oxygen atoms in total. The van der Waals surface area contributed by atoms with Crippen molar-refractivity contribution in [2.24, 2.45) is 5.73 Å². The van der Waals surface area contributed by atoms with Crippen LogP contribution in [0.15, 0.2) is 79.3 Å². The van der Waals surface area contributed by atoms with E-state index >= 15 is 0 Å². The van der Waals surface area contributed by atoms with Crippen LogP contribution in [0.1, 0.15) is 50.8 Å². The van der Waals surface area contributed by atoms with E-state index in [9.17, 15) is 14.0 Å². The summed E-state index contributed by atoms with van der Waals surface area (Å²) in [6.45, 7) is 1.57. The number of hydrogen-bond acceptors (Lipinski definition) is 6. The number of halogens is 1. The molecule has 1 aromatic heterocycles. The van der Waals surface area contributed by atoms with Gasteiger partial charge in [-0.1, -0.05) is 36.4 Å². The van der Waals surface area contributed by atoms with Gasteiger partial charge >= 0.3 is 0 Å². The molecule has 41 heavy (non-hydrogen) atoms. The molecule has 3 aromatic carbocycles. The number of nitrogens with one attached hydrogen (secondary N) is 2. The topological polar surface area (TPSA) is 135 Å². The highest BCUT2D eigenvalue weighted by atomic mass is 19.1.